The molecular formula is C22H21N2OP. The standard InChI is InChI=1S/C22H21N2OP/c1-23-16-17-24(2)19-10-9-15-22(18-19)26(25,20-11-5-3-6-12-20)21-13-7-4-8-14-21/h3-18H,1H2,2H3/b17-16-. The van der Waals surface area contributed by atoms with E-state index in [1.54, 1.807) is 6.20 Å². The van der Waals surface area contributed by atoms with E-state index in [0.717, 1.165) is 21.6 Å². The fraction of sp³-hybridized carbons (Fsp3) is 0.0455. The third kappa shape index (κ3) is 3.54. The summed E-state index contributed by atoms with van der Waals surface area (Å²) in [5.41, 5.74) is 0.939. The molecule has 0 heterocycles. The van der Waals surface area contributed by atoms with Gasteiger partial charge in [0, 0.05) is 41.0 Å². The van der Waals surface area contributed by atoms with Crippen LogP contribution in [0.1, 0.15) is 0 Å². The van der Waals surface area contributed by atoms with Crippen LogP contribution in [0.25, 0.3) is 0 Å². The maximum atomic E-state index is 14.3. The number of rotatable bonds is 6. The van der Waals surface area contributed by atoms with Gasteiger partial charge < -0.3 is 9.46 Å². The molecule has 0 spiro atoms. The lowest BCUT2D eigenvalue weighted by atomic mass is 10.3. The van der Waals surface area contributed by atoms with Crippen LogP contribution in [-0.4, -0.2) is 13.8 Å². The van der Waals surface area contributed by atoms with Gasteiger partial charge in [-0.05, 0) is 18.9 Å². The van der Waals surface area contributed by atoms with Crippen molar-refractivity contribution in [2.75, 3.05) is 11.9 Å². The molecule has 0 aliphatic rings. The first-order chi connectivity index (χ1) is 12.7. The molecule has 0 unspecified atom stereocenters. The van der Waals surface area contributed by atoms with Gasteiger partial charge in [0.1, 0.15) is 0 Å². The first-order valence-electron chi connectivity index (χ1n) is 8.33. The lowest BCUT2D eigenvalue weighted by molar-refractivity contribution is 0.592. The summed E-state index contributed by atoms with van der Waals surface area (Å²) in [4.78, 5) is 5.67. The van der Waals surface area contributed by atoms with E-state index in [4.69, 9.17) is 0 Å². The molecule has 0 saturated heterocycles. The van der Waals surface area contributed by atoms with E-state index in [1.165, 1.54) is 0 Å². The van der Waals surface area contributed by atoms with Crippen molar-refractivity contribution in [3.05, 3.63) is 97.3 Å². The molecule has 3 nitrogen and oxygen atoms in total. The number of aliphatic imine (C=N–C) groups is 1. The quantitative estimate of drug-likeness (QED) is 0.493. The van der Waals surface area contributed by atoms with Crippen molar-refractivity contribution in [2.24, 2.45) is 4.99 Å². The van der Waals surface area contributed by atoms with E-state index in [9.17, 15) is 4.57 Å². The Morgan fingerprint density at radius 2 is 1.38 bits per heavy atom. The fourth-order valence-electron chi connectivity index (χ4n) is 2.86. The zero-order chi connectivity index (χ0) is 18.4. The molecule has 0 N–H and O–H groups in total. The summed E-state index contributed by atoms with van der Waals surface area (Å²) in [6, 6.07) is 27.2. The normalized spacial score (nSPS) is 11.4. The van der Waals surface area contributed by atoms with E-state index in [-0.39, 0.29) is 0 Å². The zero-order valence-corrected chi connectivity index (χ0v) is 15.6. The lowest BCUT2D eigenvalue weighted by Gasteiger charge is -2.22. The first kappa shape index (κ1) is 17.9. The van der Waals surface area contributed by atoms with Gasteiger partial charge in [0.15, 0.2) is 7.14 Å². The van der Waals surface area contributed by atoms with Gasteiger partial charge in [0.2, 0.25) is 0 Å². The van der Waals surface area contributed by atoms with Crippen molar-refractivity contribution in [3.63, 3.8) is 0 Å². The van der Waals surface area contributed by atoms with Gasteiger partial charge in [-0.3, -0.25) is 4.99 Å². The van der Waals surface area contributed by atoms with Gasteiger partial charge >= 0.3 is 0 Å². The Balaban J connectivity index is 2.17. The molecule has 4 heteroatoms. The molecule has 3 rings (SSSR count). The molecule has 0 radical (unpaired) electrons. The monoisotopic (exact) mass is 360 g/mol. The number of hydrogen-bond acceptors (Lipinski definition) is 3. The summed E-state index contributed by atoms with van der Waals surface area (Å²) in [7, 11) is -1.03. The van der Waals surface area contributed by atoms with Crippen LogP contribution in [0.4, 0.5) is 5.69 Å². The Morgan fingerprint density at radius 3 is 1.92 bits per heavy atom. The van der Waals surface area contributed by atoms with E-state index in [1.807, 2.05) is 103 Å². The number of benzene rings is 3. The molecule has 0 saturated carbocycles. The van der Waals surface area contributed by atoms with Crippen LogP contribution in [0.5, 0.6) is 0 Å². The van der Waals surface area contributed by atoms with Gasteiger partial charge in [-0.25, -0.2) is 0 Å². The maximum Gasteiger partial charge on any atom is 0.171 e. The minimum absolute atomic E-state index is 0.805. The molecule has 0 atom stereocenters. The molecule has 0 amide bonds. The zero-order valence-electron chi connectivity index (χ0n) is 14.7. The van der Waals surface area contributed by atoms with Gasteiger partial charge in [-0.2, -0.15) is 0 Å². The van der Waals surface area contributed by atoms with E-state index in [2.05, 4.69) is 11.7 Å². The third-order valence-electron chi connectivity index (χ3n) is 4.24. The molecule has 3 aromatic rings. The van der Waals surface area contributed by atoms with Gasteiger partial charge in [0.25, 0.3) is 0 Å². The first-order valence-corrected chi connectivity index (χ1v) is 10.0. The lowest BCUT2D eigenvalue weighted by Crippen LogP contribution is -2.25. The topological polar surface area (TPSA) is 32.7 Å². The molecule has 26 heavy (non-hydrogen) atoms. The highest BCUT2D eigenvalue weighted by atomic mass is 31.2. The SMILES string of the molecule is C=N/C=C\N(C)c1cccc(P(=O)(c2ccccc2)c2ccccc2)c1. The highest BCUT2D eigenvalue weighted by Gasteiger charge is 2.29. The minimum atomic E-state index is -2.96. The van der Waals surface area contributed by atoms with Crippen molar-refractivity contribution in [2.45, 2.75) is 0 Å². The maximum absolute atomic E-state index is 14.3. The Labute approximate surface area is 154 Å². The Morgan fingerprint density at radius 1 is 0.846 bits per heavy atom. The highest BCUT2D eigenvalue weighted by molar-refractivity contribution is 7.85. The average molecular weight is 360 g/mol. The van der Waals surface area contributed by atoms with Crippen LogP contribution in [0.15, 0.2) is 102 Å². The molecule has 0 aliphatic heterocycles. The van der Waals surface area contributed by atoms with Gasteiger partial charge in [0.05, 0.1) is 0 Å². The number of anilines is 1. The second-order valence-electron chi connectivity index (χ2n) is 5.89. The fourth-order valence-corrected chi connectivity index (χ4v) is 5.55. The Hall–Kier alpha value is -2.90. The average Bonchev–Trinajstić information content (AvgIpc) is 2.72. The van der Waals surface area contributed by atoms with Crippen LogP contribution in [0.3, 0.4) is 0 Å². The molecule has 130 valence electrons. The summed E-state index contributed by atoms with van der Waals surface area (Å²) in [6.07, 6.45) is 3.45. The van der Waals surface area contributed by atoms with Crippen LogP contribution >= 0.6 is 7.14 Å². The van der Waals surface area contributed by atoms with Crippen molar-refractivity contribution >= 4 is 35.5 Å². The van der Waals surface area contributed by atoms with Crippen LogP contribution in [0, 0.1) is 0 Å². The van der Waals surface area contributed by atoms with Gasteiger partial charge in [-0.15, -0.1) is 0 Å². The molecular weight excluding hydrogens is 339 g/mol. The number of hydrogen-bond donors (Lipinski definition) is 0. The van der Waals surface area contributed by atoms with Crippen molar-refractivity contribution in [3.8, 4) is 0 Å². The second kappa shape index (κ2) is 7.99. The largest absolute Gasteiger partial charge is 0.349 e. The molecule has 0 bridgehead atoms. The smallest absolute Gasteiger partial charge is 0.171 e. The van der Waals surface area contributed by atoms with Gasteiger partial charge in [-0.1, -0.05) is 72.8 Å². The summed E-state index contributed by atoms with van der Waals surface area (Å²) < 4.78 is 14.3. The minimum Gasteiger partial charge on any atom is -0.349 e. The predicted octanol–water partition coefficient (Wildman–Crippen LogP) is 3.93. The van der Waals surface area contributed by atoms with Crippen molar-refractivity contribution in [1.29, 1.82) is 0 Å². The second-order valence-corrected chi connectivity index (χ2v) is 8.66. The summed E-state index contributed by atoms with van der Waals surface area (Å²) in [5, 5.41) is 2.46. The summed E-state index contributed by atoms with van der Waals surface area (Å²) in [6.45, 7) is 3.45. The highest BCUT2D eigenvalue weighted by Crippen LogP contribution is 2.42. The van der Waals surface area contributed by atoms with E-state index in [0.29, 0.717) is 0 Å². The Bertz CT molecular complexity index is 909. The van der Waals surface area contributed by atoms with Crippen LogP contribution < -0.4 is 20.8 Å². The van der Waals surface area contributed by atoms with Crippen LogP contribution in [-0.2, 0) is 4.57 Å². The van der Waals surface area contributed by atoms with E-state index < -0.39 is 7.14 Å². The molecule has 3 aromatic carbocycles. The summed E-state index contributed by atoms with van der Waals surface area (Å²) >= 11 is 0. The van der Waals surface area contributed by atoms with Crippen molar-refractivity contribution in [1.82, 2.24) is 0 Å². The molecule has 0 aromatic heterocycles. The third-order valence-corrected chi connectivity index (χ3v) is 7.29. The van der Waals surface area contributed by atoms with E-state index >= 15 is 0 Å². The number of nitrogens with zero attached hydrogens (tertiary/aromatic N) is 2. The predicted molar refractivity (Wildman–Crippen MR) is 113 cm³/mol. The van der Waals surface area contributed by atoms with Crippen molar-refractivity contribution < 1.29 is 4.57 Å². The molecule has 0 fully saturated rings. The Kier molecular flexibility index (Phi) is 5.50. The van der Waals surface area contributed by atoms with Crippen LogP contribution in [0.2, 0.25) is 0 Å². The molecule has 0 aliphatic carbocycles. The summed E-state index contributed by atoms with van der Waals surface area (Å²) in [5.74, 6) is 0.